The third-order valence-electron chi connectivity index (χ3n) is 9.95. The highest BCUT2D eigenvalue weighted by Crippen LogP contribution is 2.44. The Kier molecular flexibility index (Phi) is 11.0. The Morgan fingerprint density at radius 3 is 1.58 bits per heavy atom. The Labute approximate surface area is 273 Å². The second kappa shape index (κ2) is 13.6. The lowest BCUT2D eigenvalue weighted by molar-refractivity contribution is -0.121. The molecule has 0 saturated carbocycles. The Balaban J connectivity index is 1.73. The number of amides is 1. The zero-order valence-electron chi connectivity index (χ0n) is 29.3. The average molecular weight is 650 g/mol. The molecule has 0 fully saturated rings. The van der Waals surface area contributed by atoms with Crippen molar-refractivity contribution >= 4 is 22.5 Å². The van der Waals surface area contributed by atoms with E-state index < -0.39 is 22.0 Å². The normalized spacial score (nSPS) is 13.0. The lowest BCUT2D eigenvalue weighted by atomic mass is 9.73. The molecular weight excluding hydrogens is 595 g/mol. The van der Waals surface area contributed by atoms with Gasteiger partial charge in [0.2, 0.25) is 5.91 Å². The van der Waals surface area contributed by atoms with E-state index in [1.54, 1.807) is 24.3 Å². The molecule has 8 heteroatoms. The minimum Gasteiger partial charge on any atom is -0.541 e. The van der Waals surface area contributed by atoms with E-state index >= 15 is 0 Å². The van der Waals surface area contributed by atoms with Gasteiger partial charge >= 0.3 is 0 Å². The molecule has 0 aliphatic rings. The van der Waals surface area contributed by atoms with Crippen molar-refractivity contribution < 1.29 is 23.9 Å². The van der Waals surface area contributed by atoms with Gasteiger partial charge in [0.1, 0.15) is 23.0 Å². The standard InChI is InChI=1S/C37H55NO5Si2/c1-35(2,3)44(8,9)42-32-21-12-27(26-33(32)43-45(10,11)36(4,5)6)23-25-38-34(41)22-24-37(7,28-13-17-30(39)18-14-28)29-15-19-31(40)20-16-29/h12-21,26,39-40H,22-25H2,1-11H3,(H,38,41). The van der Waals surface area contributed by atoms with Crippen molar-refractivity contribution in [2.75, 3.05) is 6.54 Å². The number of carbonyl (C=O) groups excluding carboxylic acids is 1. The van der Waals surface area contributed by atoms with Gasteiger partial charge in [0.05, 0.1) is 0 Å². The maximum Gasteiger partial charge on any atom is 0.250 e. The topological polar surface area (TPSA) is 88.0 Å². The van der Waals surface area contributed by atoms with Crippen LogP contribution in [0.5, 0.6) is 23.0 Å². The van der Waals surface area contributed by atoms with Crippen LogP contribution in [0.4, 0.5) is 0 Å². The summed E-state index contributed by atoms with van der Waals surface area (Å²) in [6.45, 7) is 25.0. The fourth-order valence-electron chi connectivity index (χ4n) is 4.64. The molecular formula is C37H55NO5Si2. The summed E-state index contributed by atoms with van der Waals surface area (Å²) in [6.07, 6.45) is 1.57. The SMILES string of the molecule is CC(CCC(=O)NCCc1ccc(O[Si](C)(C)C(C)(C)C)c(O[Si](C)(C)C(C)(C)C)c1)(c1ccc(O)cc1)c1ccc(O)cc1. The highest BCUT2D eigenvalue weighted by molar-refractivity contribution is 6.75. The third kappa shape index (κ3) is 9.16. The van der Waals surface area contributed by atoms with Crippen molar-refractivity contribution in [2.45, 2.75) is 109 Å². The van der Waals surface area contributed by atoms with E-state index in [4.69, 9.17) is 8.85 Å². The fourth-order valence-corrected chi connectivity index (χ4v) is 6.68. The van der Waals surface area contributed by atoms with Crippen LogP contribution in [-0.4, -0.2) is 39.3 Å². The number of rotatable bonds is 12. The van der Waals surface area contributed by atoms with Gasteiger partial charge in [0.25, 0.3) is 16.6 Å². The molecule has 0 aromatic heterocycles. The minimum atomic E-state index is -2.12. The van der Waals surface area contributed by atoms with E-state index in [1.165, 1.54) is 0 Å². The molecule has 246 valence electrons. The summed E-state index contributed by atoms with van der Waals surface area (Å²) in [4.78, 5) is 13.1. The zero-order chi connectivity index (χ0) is 33.8. The Morgan fingerprint density at radius 2 is 1.13 bits per heavy atom. The second-order valence-electron chi connectivity index (χ2n) is 15.5. The largest absolute Gasteiger partial charge is 0.541 e. The minimum absolute atomic E-state index is 0.0191. The van der Waals surface area contributed by atoms with Crippen LogP contribution in [0.25, 0.3) is 0 Å². The van der Waals surface area contributed by atoms with Crippen LogP contribution in [0, 0.1) is 0 Å². The van der Waals surface area contributed by atoms with E-state index in [0.29, 0.717) is 25.8 Å². The quantitative estimate of drug-likeness (QED) is 0.170. The van der Waals surface area contributed by atoms with Crippen LogP contribution in [-0.2, 0) is 16.6 Å². The van der Waals surface area contributed by atoms with Crippen LogP contribution >= 0.6 is 0 Å². The number of aromatic hydroxyl groups is 2. The molecule has 0 spiro atoms. The number of hydrogen-bond acceptors (Lipinski definition) is 5. The Morgan fingerprint density at radius 1 is 0.689 bits per heavy atom. The van der Waals surface area contributed by atoms with Crippen molar-refractivity contribution in [3.8, 4) is 23.0 Å². The van der Waals surface area contributed by atoms with Crippen LogP contribution in [0.3, 0.4) is 0 Å². The van der Waals surface area contributed by atoms with Crippen molar-refractivity contribution in [3.63, 3.8) is 0 Å². The number of nitrogens with one attached hydrogen (secondary N) is 1. The monoisotopic (exact) mass is 649 g/mol. The predicted octanol–water partition coefficient (Wildman–Crippen LogP) is 9.31. The first kappa shape index (κ1) is 36.2. The van der Waals surface area contributed by atoms with Crippen molar-refractivity contribution in [2.24, 2.45) is 0 Å². The number of phenols is 2. The summed E-state index contributed by atoms with van der Waals surface area (Å²) >= 11 is 0. The zero-order valence-corrected chi connectivity index (χ0v) is 31.3. The van der Waals surface area contributed by atoms with E-state index in [1.807, 2.05) is 30.3 Å². The molecule has 3 rings (SSSR count). The van der Waals surface area contributed by atoms with Gasteiger partial charge in [-0.3, -0.25) is 4.79 Å². The number of phenolic OH excluding ortho intramolecular Hbond substituents is 2. The molecule has 0 radical (unpaired) electrons. The maximum atomic E-state index is 13.1. The van der Waals surface area contributed by atoms with Crippen molar-refractivity contribution in [1.82, 2.24) is 5.32 Å². The summed E-state index contributed by atoms with van der Waals surface area (Å²) in [5.41, 5.74) is 2.60. The van der Waals surface area contributed by atoms with Crippen LogP contribution in [0.15, 0.2) is 66.7 Å². The molecule has 3 N–H and O–H groups in total. The smallest absolute Gasteiger partial charge is 0.250 e. The van der Waals surface area contributed by atoms with Crippen molar-refractivity contribution in [1.29, 1.82) is 0 Å². The first-order chi connectivity index (χ1) is 20.6. The lowest BCUT2D eigenvalue weighted by Gasteiger charge is -2.39. The molecule has 0 saturated heterocycles. The molecule has 1 amide bonds. The summed E-state index contributed by atoms with van der Waals surface area (Å²) in [7, 11) is -4.21. The van der Waals surface area contributed by atoms with E-state index in [-0.39, 0.29) is 27.5 Å². The lowest BCUT2D eigenvalue weighted by Crippen LogP contribution is -2.45. The summed E-state index contributed by atoms with van der Waals surface area (Å²) in [5.74, 6) is 1.98. The third-order valence-corrected chi connectivity index (χ3v) is 18.6. The number of carbonyl (C=O) groups is 1. The van der Waals surface area contributed by atoms with E-state index in [0.717, 1.165) is 28.2 Å². The molecule has 3 aromatic rings. The van der Waals surface area contributed by atoms with Gasteiger partial charge in [0.15, 0.2) is 0 Å². The summed E-state index contributed by atoms with van der Waals surface area (Å²) in [5, 5.41) is 22.9. The van der Waals surface area contributed by atoms with E-state index in [9.17, 15) is 15.0 Å². The molecule has 0 bridgehead atoms. The molecule has 6 nitrogen and oxygen atoms in total. The van der Waals surface area contributed by atoms with Gasteiger partial charge < -0.3 is 24.4 Å². The molecule has 0 unspecified atom stereocenters. The highest BCUT2D eigenvalue weighted by Gasteiger charge is 2.42. The van der Waals surface area contributed by atoms with Gasteiger partial charge in [-0.1, -0.05) is 78.8 Å². The molecule has 0 aliphatic heterocycles. The molecule has 0 atom stereocenters. The maximum absolute atomic E-state index is 13.1. The van der Waals surface area contributed by atoms with Crippen LogP contribution < -0.4 is 14.2 Å². The molecule has 0 aliphatic carbocycles. The fraction of sp³-hybridized carbons (Fsp3) is 0.486. The summed E-state index contributed by atoms with van der Waals surface area (Å²) < 4.78 is 13.6. The summed E-state index contributed by atoms with van der Waals surface area (Å²) in [6, 6.07) is 20.5. The van der Waals surface area contributed by atoms with E-state index in [2.05, 4.69) is 92.1 Å². The van der Waals surface area contributed by atoms with Gasteiger partial charge in [-0.05, 0) is 102 Å². The molecule has 45 heavy (non-hydrogen) atoms. The molecule has 0 heterocycles. The molecule has 3 aromatic carbocycles. The Bertz CT molecular complexity index is 1390. The van der Waals surface area contributed by atoms with Gasteiger partial charge in [0, 0.05) is 18.4 Å². The number of hydrogen-bond donors (Lipinski definition) is 3. The average Bonchev–Trinajstić information content (AvgIpc) is 2.92. The first-order valence-corrected chi connectivity index (χ1v) is 21.8. The van der Waals surface area contributed by atoms with Gasteiger partial charge in [-0.25, -0.2) is 0 Å². The van der Waals surface area contributed by atoms with Crippen LogP contribution in [0.1, 0.15) is 78.0 Å². The number of benzene rings is 3. The van der Waals surface area contributed by atoms with Gasteiger partial charge in [-0.15, -0.1) is 0 Å². The highest BCUT2D eigenvalue weighted by atomic mass is 28.4. The first-order valence-electron chi connectivity index (χ1n) is 16.0. The predicted molar refractivity (Wildman–Crippen MR) is 191 cm³/mol. The van der Waals surface area contributed by atoms with Crippen molar-refractivity contribution in [3.05, 3.63) is 83.4 Å². The van der Waals surface area contributed by atoms with Crippen LogP contribution in [0.2, 0.25) is 36.3 Å². The van der Waals surface area contributed by atoms with Gasteiger partial charge in [-0.2, -0.15) is 0 Å². The Hall–Kier alpha value is -3.24. The second-order valence-corrected chi connectivity index (χ2v) is 25.0.